The first-order valence-electron chi connectivity index (χ1n) is 5.38. The molecule has 4 heteroatoms. The average molecular weight is 229 g/mol. The highest BCUT2D eigenvalue weighted by molar-refractivity contribution is 5.62. The van der Waals surface area contributed by atoms with Gasteiger partial charge in [0.1, 0.15) is 11.6 Å². The van der Waals surface area contributed by atoms with Crippen molar-refractivity contribution in [3.05, 3.63) is 48.2 Å². The van der Waals surface area contributed by atoms with Crippen LogP contribution >= 0.6 is 0 Å². The van der Waals surface area contributed by atoms with Gasteiger partial charge < -0.3 is 15.8 Å². The Balaban J connectivity index is 2.30. The number of methoxy groups -OCH3 is 1. The van der Waals surface area contributed by atoms with Crippen LogP contribution in [0.4, 0.5) is 11.5 Å². The number of hydrogen-bond donors (Lipinski definition) is 2. The van der Waals surface area contributed by atoms with Crippen molar-refractivity contribution >= 4 is 11.5 Å². The van der Waals surface area contributed by atoms with E-state index >= 15 is 0 Å². The highest BCUT2D eigenvalue weighted by Gasteiger charge is 2.03. The van der Waals surface area contributed by atoms with Crippen LogP contribution in [0.25, 0.3) is 0 Å². The summed E-state index contributed by atoms with van der Waals surface area (Å²) in [5.74, 6) is 1.58. The number of nitrogens with zero attached hydrogens (tertiary/aromatic N) is 1. The molecular weight excluding hydrogens is 214 g/mol. The van der Waals surface area contributed by atoms with E-state index in [-0.39, 0.29) is 0 Å². The van der Waals surface area contributed by atoms with E-state index in [1.807, 2.05) is 36.4 Å². The van der Waals surface area contributed by atoms with E-state index in [2.05, 4.69) is 10.3 Å². The number of nitrogens with one attached hydrogen (secondary N) is 1. The molecule has 1 aromatic carbocycles. The number of benzene rings is 1. The van der Waals surface area contributed by atoms with Crippen molar-refractivity contribution in [2.24, 2.45) is 5.73 Å². The van der Waals surface area contributed by atoms with E-state index in [0.717, 1.165) is 22.8 Å². The molecule has 2 aromatic rings. The van der Waals surface area contributed by atoms with Crippen molar-refractivity contribution in [1.29, 1.82) is 0 Å². The predicted octanol–water partition coefficient (Wildman–Crippen LogP) is 2.29. The van der Waals surface area contributed by atoms with Crippen LogP contribution in [-0.2, 0) is 6.54 Å². The highest BCUT2D eigenvalue weighted by atomic mass is 16.5. The molecule has 3 N–H and O–H groups in total. The lowest BCUT2D eigenvalue weighted by Gasteiger charge is -2.11. The molecule has 0 saturated carbocycles. The monoisotopic (exact) mass is 229 g/mol. The summed E-state index contributed by atoms with van der Waals surface area (Å²) in [6, 6.07) is 11.5. The molecule has 1 heterocycles. The average Bonchev–Trinajstić information content (AvgIpc) is 2.40. The fourth-order valence-corrected chi connectivity index (χ4v) is 1.55. The number of ether oxygens (including phenoxy) is 1. The molecule has 1 aromatic heterocycles. The zero-order chi connectivity index (χ0) is 12.1. The minimum absolute atomic E-state index is 0.471. The van der Waals surface area contributed by atoms with Gasteiger partial charge in [-0.25, -0.2) is 4.98 Å². The topological polar surface area (TPSA) is 60.2 Å². The van der Waals surface area contributed by atoms with Crippen LogP contribution in [0.2, 0.25) is 0 Å². The van der Waals surface area contributed by atoms with Gasteiger partial charge in [0.15, 0.2) is 0 Å². The summed E-state index contributed by atoms with van der Waals surface area (Å²) in [7, 11) is 1.64. The SMILES string of the molecule is COc1ccc(CN)c(Nc2ccccn2)c1. The van der Waals surface area contributed by atoms with Crippen LogP contribution in [0.3, 0.4) is 0 Å². The molecule has 4 nitrogen and oxygen atoms in total. The zero-order valence-corrected chi connectivity index (χ0v) is 9.68. The lowest BCUT2D eigenvalue weighted by molar-refractivity contribution is 0.415. The van der Waals surface area contributed by atoms with E-state index < -0.39 is 0 Å². The molecular formula is C13H15N3O. The van der Waals surface area contributed by atoms with Crippen LogP contribution in [0.1, 0.15) is 5.56 Å². The number of anilines is 2. The third kappa shape index (κ3) is 2.73. The smallest absolute Gasteiger partial charge is 0.130 e. The van der Waals surface area contributed by atoms with Crippen LogP contribution < -0.4 is 15.8 Å². The molecule has 0 bridgehead atoms. The first-order valence-corrected chi connectivity index (χ1v) is 5.38. The Morgan fingerprint density at radius 3 is 2.82 bits per heavy atom. The molecule has 0 aliphatic carbocycles. The van der Waals surface area contributed by atoms with Crippen molar-refractivity contribution in [2.45, 2.75) is 6.54 Å². The van der Waals surface area contributed by atoms with Crippen molar-refractivity contribution in [2.75, 3.05) is 12.4 Å². The third-order valence-electron chi connectivity index (χ3n) is 2.46. The Morgan fingerprint density at radius 1 is 1.29 bits per heavy atom. The summed E-state index contributed by atoms with van der Waals surface area (Å²) in [6.07, 6.45) is 1.74. The van der Waals surface area contributed by atoms with Gasteiger partial charge >= 0.3 is 0 Å². The Hall–Kier alpha value is -2.07. The standard InChI is InChI=1S/C13H15N3O/c1-17-11-6-5-10(9-14)12(8-11)16-13-4-2-3-7-15-13/h2-8H,9,14H2,1H3,(H,15,16). The summed E-state index contributed by atoms with van der Waals surface area (Å²) < 4.78 is 5.19. The molecule has 0 radical (unpaired) electrons. The minimum Gasteiger partial charge on any atom is -0.497 e. The molecule has 0 spiro atoms. The van der Waals surface area contributed by atoms with Gasteiger partial charge in [-0.1, -0.05) is 12.1 Å². The summed E-state index contributed by atoms with van der Waals surface area (Å²) in [5.41, 5.74) is 7.64. The molecule has 0 unspecified atom stereocenters. The van der Waals surface area contributed by atoms with Crippen molar-refractivity contribution in [3.63, 3.8) is 0 Å². The maximum absolute atomic E-state index is 5.69. The van der Waals surface area contributed by atoms with Gasteiger partial charge in [0, 0.05) is 24.5 Å². The first-order chi connectivity index (χ1) is 8.33. The van der Waals surface area contributed by atoms with Gasteiger partial charge in [-0.3, -0.25) is 0 Å². The molecule has 0 atom stereocenters. The Bertz CT molecular complexity index is 485. The van der Waals surface area contributed by atoms with Crippen LogP contribution in [0.15, 0.2) is 42.6 Å². The second-order valence-corrected chi connectivity index (χ2v) is 3.57. The van der Waals surface area contributed by atoms with Gasteiger partial charge in [-0.15, -0.1) is 0 Å². The second-order valence-electron chi connectivity index (χ2n) is 3.57. The molecule has 0 amide bonds. The summed E-state index contributed by atoms with van der Waals surface area (Å²) in [6.45, 7) is 0.471. The van der Waals surface area contributed by atoms with Crippen LogP contribution in [0.5, 0.6) is 5.75 Å². The van der Waals surface area contributed by atoms with Crippen LogP contribution in [0, 0.1) is 0 Å². The Labute approximate surface area is 100 Å². The maximum atomic E-state index is 5.69. The number of rotatable bonds is 4. The summed E-state index contributed by atoms with van der Waals surface area (Å²) >= 11 is 0. The third-order valence-corrected chi connectivity index (χ3v) is 2.46. The van der Waals surface area contributed by atoms with E-state index in [9.17, 15) is 0 Å². The quantitative estimate of drug-likeness (QED) is 0.844. The molecule has 0 fully saturated rings. The van der Waals surface area contributed by atoms with Gasteiger partial charge in [0.2, 0.25) is 0 Å². The largest absolute Gasteiger partial charge is 0.497 e. The number of pyridine rings is 1. The lowest BCUT2D eigenvalue weighted by atomic mass is 10.1. The maximum Gasteiger partial charge on any atom is 0.130 e. The Morgan fingerprint density at radius 2 is 2.18 bits per heavy atom. The molecule has 0 aliphatic rings. The van der Waals surface area contributed by atoms with Crippen LogP contribution in [-0.4, -0.2) is 12.1 Å². The fraction of sp³-hybridized carbons (Fsp3) is 0.154. The van der Waals surface area contributed by atoms with E-state index in [1.54, 1.807) is 13.3 Å². The zero-order valence-electron chi connectivity index (χ0n) is 9.68. The lowest BCUT2D eigenvalue weighted by Crippen LogP contribution is -2.03. The van der Waals surface area contributed by atoms with Gasteiger partial charge in [-0.2, -0.15) is 0 Å². The Kier molecular flexibility index (Phi) is 3.57. The van der Waals surface area contributed by atoms with Gasteiger partial charge in [0.25, 0.3) is 0 Å². The molecule has 88 valence electrons. The predicted molar refractivity (Wildman–Crippen MR) is 68.4 cm³/mol. The molecule has 17 heavy (non-hydrogen) atoms. The normalized spacial score (nSPS) is 10.0. The van der Waals surface area contributed by atoms with E-state index in [0.29, 0.717) is 6.54 Å². The fourth-order valence-electron chi connectivity index (χ4n) is 1.55. The molecule has 0 saturated heterocycles. The number of hydrogen-bond acceptors (Lipinski definition) is 4. The number of nitrogens with two attached hydrogens (primary N) is 1. The van der Waals surface area contributed by atoms with Gasteiger partial charge in [-0.05, 0) is 23.8 Å². The summed E-state index contributed by atoms with van der Waals surface area (Å²) in [5, 5.41) is 3.23. The van der Waals surface area contributed by atoms with Crippen molar-refractivity contribution in [3.8, 4) is 5.75 Å². The van der Waals surface area contributed by atoms with E-state index in [1.165, 1.54) is 0 Å². The molecule has 0 aliphatic heterocycles. The van der Waals surface area contributed by atoms with E-state index in [4.69, 9.17) is 10.5 Å². The first kappa shape index (κ1) is 11.4. The minimum atomic E-state index is 0.471. The van der Waals surface area contributed by atoms with Crippen molar-refractivity contribution in [1.82, 2.24) is 4.98 Å². The highest BCUT2D eigenvalue weighted by Crippen LogP contribution is 2.24. The molecule has 2 rings (SSSR count). The van der Waals surface area contributed by atoms with Gasteiger partial charge in [0.05, 0.1) is 7.11 Å². The second kappa shape index (κ2) is 5.32. The summed E-state index contributed by atoms with van der Waals surface area (Å²) in [4.78, 5) is 4.21. The number of aromatic nitrogens is 1. The van der Waals surface area contributed by atoms with Crippen molar-refractivity contribution < 1.29 is 4.74 Å².